The van der Waals surface area contributed by atoms with Crippen LogP contribution in [-0.4, -0.2) is 43.4 Å². The molecule has 0 aromatic heterocycles. The molecule has 1 fully saturated rings. The first-order chi connectivity index (χ1) is 11.1. The summed E-state index contributed by atoms with van der Waals surface area (Å²) in [4.78, 5) is 26.4. The Bertz CT molecular complexity index is 526. The molecule has 0 spiro atoms. The Morgan fingerprint density at radius 2 is 1.67 bits per heavy atom. The Labute approximate surface area is 150 Å². The number of carbonyl (C=O) groups is 2. The summed E-state index contributed by atoms with van der Waals surface area (Å²) < 4.78 is 0. The number of amides is 2. The van der Waals surface area contributed by atoms with E-state index < -0.39 is 0 Å². The van der Waals surface area contributed by atoms with Gasteiger partial charge in [0.25, 0.3) is 5.91 Å². The number of hydrogen-bond donors (Lipinski definition) is 2. The van der Waals surface area contributed by atoms with Gasteiger partial charge in [-0.15, -0.1) is 12.4 Å². The first-order valence-corrected chi connectivity index (χ1v) is 8.46. The van der Waals surface area contributed by atoms with Crippen molar-refractivity contribution in [1.29, 1.82) is 0 Å². The largest absolute Gasteiger partial charge is 0.339 e. The molecule has 1 unspecified atom stereocenters. The van der Waals surface area contributed by atoms with Crippen molar-refractivity contribution >= 4 is 29.9 Å². The first-order valence-electron chi connectivity index (χ1n) is 8.46. The summed E-state index contributed by atoms with van der Waals surface area (Å²) in [7, 11) is 1.83. The lowest BCUT2D eigenvalue weighted by molar-refractivity contribution is -0.119. The zero-order chi connectivity index (χ0) is 16.7. The van der Waals surface area contributed by atoms with E-state index >= 15 is 0 Å². The molecule has 1 heterocycles. The third kappa shape index (κ3) is 5.80. The van der Waals surface area contributed by atoms with Crippen LogP contribution in [0, 0.1) is 5.92 Å². The van der Waals surface area contributed by atoms with Gasteiger partial charge in [0.1, 0.15) is 0 Å². The zero-order valence-electron chi connectivity index (χ0n) is 14.5. The molecule has 0 radical (unpaired) electrons. The van der Waals surface area contributed by atoms with Gasteiger partial charge in [-0.05, 0) is 44.2 Å². The van der Waals surface area contributed by atoms with E-state index in [1.807, 2.05) is 18.9 Å². The van der Waals surface area contributed by atoms with Crippen molar-refractivity contribution in [2.45, 2.75) is 32.6 Å². The van der Waals surface area contributed by atoms with Crippen molar-refractivity contribution in [3.8, 4) is 0 Å². The number of hydrogen-bond acceptors (Lipinski definition) is 3. The van der Waals surface area contributed by atoms with Crippen LogP contribution in [0.25, 0.3) is 0 Å². The van der Waals surface area contributed by atoms with Gasteiger partial charge in [0, 0.05) is 36.8 Å². The van der Waals surface area contributed by atoms with Crippen LogP contribution in [0.15, 0.2) is 24.3 Å². The van der Waals surface area contributed by atoms with Crippen molar-refractivity contribution in [2.75, 3.05) is 32.0 Å². The highest BCUT2D eigenvalue weighted by Crippen LogP contribution is 2.16. The standard InChI is InChI=1S/C18H27N3O2.ClH/c1-14(13-19-2)17(22)20-16-9-7-15(8-10-16)18(23)21-11-5-3-4-6-12-21;/h7-10,14,19H,3-6,11-13H2,1-2H3,(H,20,22);1H. The highest BCUT2D eigenvalue weighted by Gasteiger charge is 2.17. The van der Waals surface area contributed by atoms with Gasteiger partial charge in [0.05, 0.1) is 0 Å². The van der Waals surface area contributed by atoms with Gasteiger partial charge in [0.2, 0.25) is 5.91 Å². The molecule has 2 N–H and O–H groups in total. The third-order valence-corrected chi connectivity index (χ3v) is 4.25. The average Bonchev–Trinajstić information content (AvgIpc) is 2.84. The molecule has 1 saturated heterocycles. The lowest BCUT2D eigenvalue weighted by Gasteiger charge is -2.20. The Balaban J connectivity index is 0.00000288. The van der Waals surface area contributed by atoms with Crippen LogP contribution < -0.4 is 10.6 Å². The molecule has 134 valence electrons. The number of rotatable bonds is 5. The SMILES string of the molecule is CNCC(C)C(=O)Nc1ccc(C(=O)N2CCCCCC2)cc1.Cl. The molecular formula is C18H28ClN3O2. The van der Waals surface area contributed by atoms with E-state index in [1.165, 1.54) is 12.8 Å². The molecule has 1 aromatic rings. The molecule has 1 aliphatic heterocycles. The number of halogens is 1. The molecule has 0 saturated carbocycles. The second kappa shape index (κ2) is 10.3. The summed E-state index contributed by atoms with van der Waals surface area (Å²) in [5.41, 5.74) is 1.42. The van der Waals surface area contributed by atoms with Crippen LogP contribution in [0.3, 0.4) is 0 Å². The van der Waals surface area contributed by atoms with Crippen molar-refractivity contribution in [3.05, 3.63) is 29.8 Å². The number of nitrogens with one attached hydrogen (secondary N) is 2. The minimum Gasteiger partial charge on any atom is -0.339 e. The lowest BCUT2D eigenvalue weighted by Crippen LogP contribution is -2.31. The van der Waals surface area contributed by atoms with Crippen LogP contribution in [0.5, 0.6) is 0 Å². The van der Waals surface area contributed by atoms with E-state index in [9.17, 15) is 9.59 Å². The van der Waals surface area contributed by atoms with Gasteiger partial charge in [0.15, 0.2) is 0 Å². The van der Waals surface area contributed by atoms with Crippen molar-refractivity contribution in [1.82, 2.24) is 10.2 Å². The van der Waals surface area contributed by atoms with Crippen LogP contribution in [0.4, 0.5) is 5.69 Å². The lowest BCUT2D eigenvalue weighted by atomic mass is 10.1. The van der Waals surface area contributed by atoms with Gasteiger partial charge in [-0.2, -0.15) is 0 Å². The number of nitrogens with zero attached hydrogens (tertiary/aromatic N) is 1. The fourth-order valence-corrected chi connectivity index (χ4v) is 2.82. The van der Waals surface area contributed by atoms with Gasteiger partial charge in [-0.25, -0.2) is 0 Å². The van der Waals surface area contributed by atoms with Crippen LogP contribution in [0.2, 0.25) is 0 Å². The van der Waals surface area contributed by atoms with E-state index in [-0.39, 0.29) is 30.1 Å². The normalized spacial score (nSPS) is 15.8. The molecule has 2 amide bonds. The van der Waals surface area contributed by atoms with Gasteiger partial charge in [-0.3, -0.25) is 9.59 Å². The van der Waals surface area contributed by atoms with E-state index in [0.717, 1.165) is 31.6 Å². The van der Waals surface area contributed by atoms with E-state index in [1.54, 1.807) is 24.3 Å². The fraction of sp³-hybridized carbons (Fsp3) is 0.556. The molecule has 1 aromatic carbocycles. The first kappa shape index (κ1) is 20.5. The topological polar surface area (TPSA) is 61.4 Å². The maximum absolute atomic E-state index is 12.5. The summed E-state index contributed by atoms with van der Waals surface area (Å²) in [6.07, 6.45) is 4.59. The number of likely N-dealkylation sites (tertiary alicyclic amines) is 1. The van der Waals surface area contributed by atoms with Gasteiger partial charge < -0.3 is 15.5 Å². The van der Waals surface area contributed by atoms with E-state index in [0.29, 0.717) is 12.1 Å². The summed E-state index contributed by atoms with van der Waals surface area (Å²) in [6.45, 7) is 4.21. The molecule has 1 aliphatic rings. The second-order valence-electron chi connectivity index (χ2n) is 6.23. The molecule has 24 heavy (non-hydrogen) atoms. The third-order valence-electron chi connectivity index (χ3n) is 4.25. The zero-order valence-corrected chi connectivity index (χ0v) is 15.3. The minimum absolute atomic E-state index is 0. The quantitative estimate of drug-likeness (QED) is 0.855. The van der Waals surface area contributed by atoms with Crippen molar-refractivity contribution in [2.24, 2.45) is 5.92 Å². The Kier molecular flexibility index (Phi) is 8.79. The minimum atomic E-state index is -0.0987. The molecule has 1 atom stereocenters. The Morgan fingerprint density at radius 3 is 2.21 bits per heavy atom. The van der Waals surface area contributed by atoms with Crippen LogP contribution >= 0.6 is 12.4 Å². The number of benzene rings is 1. The van der Waals surface area contributed by atoms with Crippen molar-refractivity contribution < 1.29 is 9.59 Å². The Hall–Kier alpha value is -1.59. The molecule has 6 heteroatoms. The number of carbonyl (C=O) groups excluding carboxylic acids is 2. The van der Waals surface area contributed by atoms with Gasteiger partial charge >= 0.3 is 0 Å². The molecule has 5 nitrogen and oxygen atoms in total. The summed E-state index contributed by atoms with van der Waals surface area (Å²) in [5.74, 6) is -0.0299. The van der Waals surface area contributed by atoms with Crippen molar-refractivity contribution in [3.63, 3.8) is 0 Å². The monoisotopic (exact) mass is 353 g/mol. The highest BCUT2D eigenvalue weighted by molar-refractivity contribution is 5.96. The molecule has 2 rings (SSSR count). The average molecular weight is 354 g/mol. The highest BCUT2D eigenvalue weighted by atomic mass is 35.5. The maximum atomic E-state index is 12.5. The smallest absolute Gasteiger partial charge is 0.253 e. The number of anilines is 1. The summed E-state index contributed by atoms with van der Waals surface area (Å²) in [6, 6.07) is 7.20. The molecule has 0 aliphatic carbocycles. The van der Waals surface area contributed by atoms with Crippen LogP contribution in [-0.2, 0) is 4.79 Å². The Morgan fingerprint density at radius 1 is 1.08 bits per heavy atom. The van der Waals surface area contributed by atoms with Crippen LogP contribution in [0.1, 0.15) is 43.0 Å². The predicted octanol–water partition coefficient (Wildman–Crippen LogP) is 2.92. The van der Waals surface area contributed by atoms with E-state index in [4.69, 9.17) is 0 Å². The molecular weight excluding hydrogens is 326 g/mol. The van der Waals surface area contributed by atoms with E-state index in [2.05, 4.69) is 10.6 Å². The predicted molar refractivity (Wildman–Crippen MR) is 99.8 cm³/mol. The second-order valence-corrected chi connectivity index (χ2v) is 6.23. The fourth-order valence-electron chi connectivity index (χ4n) is 2.82. The van der Waals surface area contributed by atoms with Gasteiger partial charge in [-0.1, -0.05) is 19.8 Å². The maximum Gasteiger partial charge on any atom is 0.253 e. The summed E-state index contributed by atoms with van der Waals surface area (Å²) >= 11 is 0. The molecule has 0 bridgehead atoms. The summed E-state index contributed by atoms with van der Waals surface area (Å²) in [5, 5.41) is 5.87.